The summed E-state index contributed by atoms with van der Waals surface area (Å²) in [4.78, 5) is 21.2. The average molecular weight is 468 g/mol. The summed E-state index contributed by atoms with van der Waals surface area (Å²) in [5, 5.41) is 1.22. The smallest absolute Gasteiger partial charge is 0.223 e. The number of carbonyl (C=O) groups is 1. The van der Waals surface area contributed by atoms with E-state index >= 15 is 0 Å². The van der Waals surface area contributed by atoms with Gasteiger partial charge in [-0.3, -0.25) is 4.79 Å². The molecular formula is C30H33N3O2. The van der Waals surface area contributed by atoms with Crippen molar-refractivity contribution in [3.8, 4) is 17.0 Å². The number of ether oxygens (including phenoxy) is 1. The van der Waals surface area contributed by atoms with Crippen molar-refractivity contribution in [2.75, 3.05) is 38.2 Å². The van der Waals surface area contributed by atoms with Crippen LogP contribution in [0.25, 0.3) is 22.2 Å². The van der Waals surface area contributed by atoms with Crippen LogP contribution in [0.4, 0.5) is 5.69 Å². The lowest BCUT2D eigenvalue weighted by atomic mass is 9.99. The molecule has 5 heteroatoms. The van der Waals surface area contributed by atoms with Crippen LogP contribution in [0.2, 0.25) is 0 Å². The summed E-state index contributed by atoms with van der Waals surface area (Å²) in [6.45, 7) is 7.31. The minimum absolute atomic E-state index is 0.224. The number of piperazine rings is 1. The van der Waals surface area contributed by atoms with Crippen LogP contribution in [0.15, 0.2) is 66.7 Å². The number of rotatable bonds is 6. The van der Waals surface area contributed by atoms with Gasteiger partial charge in [-0.05, 0) is 55.7 Å². The van der Waals surface area contributed by atoms with E-state index in [0.29, 0.717) is 6.42 Å². The summed E-state index contributed by atoms with van der Waals surface area (Å²) in [6, 6.07) is 23.2. The number of carbonyl (C=O) groups excluding carboxylic acids is 1. The molecule has 3 aromatic carbocycles. The first kappa shape index (κ1) is 23.0. The zero-order chi connectivity index (χ0) is 24.4. The quantitative estimate of drug-likeness (QED) is 0.393. The van der Waals surface area contributed by atoms with Gasteiger partial charge in [0.05, 0.1) is 12.8 Å². The Morgan fingerprint density at radius 1 is 0.914 bits per heavy atom. The summed E-state index contributed by atoms with van der Waals surface area (Å²) in [5.41, 5.74) is 8.21. The lowest BCUT2D eigenvalue weighted by molar-refractivity contribution is -0.131. The highest BCUT2D eigenvalue weighted by Gasteiger charge is 2.23. The standard InChI is InChI=1S/C30H33N3O2/c1-21-8-11-23(12-9-21)30-24(25-20-22(2)10-14-26(25)31-30)13-15-29(34)33-18-16-32(17-19-33)27-6-4-5-7-28(27)35-3/h4-12,14,20,31H,13,15-19H2,1-3H3. The maximum absolute atomic E-state index is 13.2. The fourth-order valence-corrected chi connectivity index (χ4v) is 5.07. The molecule has 2 heterocycles. The van der Waals surface area contributed by atoms with Crippen molar-refractivity contribution in [1.29, 1.82) is 0 Å². The number of aromatic amines is 1. The van der Waals surface area contributed by atoms with Crippen LogP contribution in [0.1, 0.15) is 23.1 Å². The second-order valence-electron chi connectivity index (χ2n) is 9.43. The molecule has 0 saturated carbocycles. The highest BCUT2D eigenvalue weighted by molar-refractivity contribution is 5.92. The number of benzene rings is 3. The average Bonchev–Trinajstić information content (AvgIpc) is 3.25. The Morgan fingerprint density at radius 2 is 1.63 bits per heavy atom. The molecular weight excluding hydrogens is 434 g/mol. The highest BCUT2D eigenvalue weighted by atomic mass is 16.5. The Labute approximate surface area is 207 Å². The summed E-state index contributed by atoms with van der Waals surface area (Å²) in [7, 11) is 1.70. The van der Waals surface area contributed by atoms with E-state index in [9.17, 15) is 4.79 Å². The van der Waals surface area contributed by atoms with E-state index in [-0.39, 0.29) is 5.91 Å². The lowest BCUT2D eigenvalue weighted by Gasteiger charge is -2.36. The Kier molecular flexibility index (Phi) is 6.49. The van der Waals surface area contributed by atoms with Gasteiger partial charge in [0.2, 0.25) is 5.91 Å². The molecule has 1 amide bonds. The van der Waals surface area contributed by atoms with Gasteiger partial charge in [0.15, 0.2) is 0 Å². The topological polar surface area (TPSA) is 48.6 Å². The maximum Gasteiger partial charge on any atom is 0.223 e. The molecule has 0 aliphatic carbocycles. The van der Waals surface area contributed by atoms with Gasteiger partial charge < -0.3 is 19.5 Å². The minimum atomic E-state index is 0.224. The van der Waals surface area contributed by atoms with E-state index in [1.165, 1.54) is 22.1 Å². The lowest BCUT2D eigenvalue weighted by Crippen LogP contribution is -2.48. The molecule has 0 spiro atoms. The molecule has 180 valence electrons. The third kappa shape index (κ3) is 4.76. The number of nitrogens with zero attached hydrogens (tertiary/aromatic N) is 2. The van der Waals surface area contributed by atoms with Crippen LogP contribution in [-0.4, -0.2) is 49.1 Å². The first-order valence-electron chi connectivity index (χ1n) is 12.4. The molecule has 0 atom stereocenters. The van der Waals surface area contributed by atoms with Gasteiger partial charge >= 0.3 is 0 Å². The Balaban J connectivity index is 1.30. The van der Waals surface area contributed by atoms with Crippen molar-refractivity contribution in [3.63, 3.8) is 0 Å². The predicted octanol–water partition coefficient (Wildman–Crippen LogP) is 5.74. The first-order chi connectivity index (χ1) is 17.0. The van der Waals surface area contributed by atoms with Crippen molar-refractivity contribution < 1.29 is 9.53 Å². The predicted molar refractivity (Wildman–Crippen MR) is 143 cm³/mol. The summed E-state index contributed by atoms with van der Waals surface area (Å²) in [6.07, 6.45) is 1.23. The van der Waals surface area contributed by atoms with Gasteiger partial charge in [0, 0.05) is 49.2 Å². The molecule has 0 radical (unpaired) electrons. The first-order valence-corrected chi connectivity index (χ1v) is 12.4. The van der Waals surface area contributed by atoms with Crippen LogP contribution in [0, 0.1) is 13.8 Å². The number of methoxy groups -OCH3 is 1. The Bertz CT molecular complexity index is 1330. The molecule has 0 unspecified atom stereocenters. The number of hydrogen-bond donors (Lipinski definition) is 1. The van der Waals surface area contributed by atoms with Crippen LogP contribution < -0.4 is 9.64 Å². The third-order valence-corrected chi connectivity index (χ3v) is 7.05. The normalized spacial score (nSPS) is 13.9. The fraction of sp³-hybridized carbons (Fsp3) is 0.300. The Morgan fingerprint density at radius 3 is 2.37 bits per heavy atom. The second-order valence-corrected chi connectivity index (χ2v) is 9.43. The van der Waals surface area contributed by atoms with E-state index in [4.69, 9.17) is 4.74 Å². The van der Waals surface area contributed by atoms with E-state index in [1.807, 2.05) is 23.1 Å². The third-order valence-electron chi connectivity index (χ3n) is 7.05. The van der Waals surface area contributed by atoms with Gasteiger partial charge in [-0.2, -0.15) is 0 Å². The van der Waals surface area contributed by atoms with Gasteiger partial charge in [0.25, 0.3) is 0 Å². The van der Waals surface area contributed by atoms with Gasteiger partial charge in [-0.1, -0.05) is 53.6 Å². The van der Waals surface area contributed by atoms with Crippen molar-refractivity contribution in [2.24, 2.45) is 0 Å². The maximum atomic E-state index is 13.2. The molecule has 1 fully saturated rings. The Hall–Kier alpha value is -3.73. The molecule has 5 nitrogen and oxygen atoms in total. The molecule has 1 aliphatic rings. The van der Waals surface area contributed by atoms with Gasteiger partial charge in [-0.25, -0.2) is 0 Å². The zero-order valence-electron chi connectivity index (χ0n) is 20.8. The number of fused-ring (bicyclic) bond motifs is 1. The SMILES string of the molecule is COc1ccccc1N1CCN(C(=O)CCc2c(-c3ccc(C)cc3)[nH]c3ccc(C)cc23)CC1. The van der Waals surface area contributed by atoms with E-state index in [2.05, 4.69) is 72.3 Å². The number of hydrogen-bond acceptors (Lipinski definition) is 3. The second kappa shape index (κ2) is 9.87. The van der Waals surface area contributed by atoms with Crippen LogP contribution in [0.3, 0.4) is 0 Å². The number of para-hydroxylation sites is 2. The summed E-state index contributed by atoms with van der Waals surface area (Å²) >= 11 is 0. The minimum Gasteiger partial charge on any atom is -0.495 e. The molecule has 4 aromatic rings. The summed E-state index contributed by atoms with van der Waals surface area (Å²) < 4.78 is 5.53. The number of anilines is 1. The van der Waals surface area contributed by atoms with Crippen LogP contribution in [0.5, 0.6) is 5.75 Å². The highest BCUT2D eigenvalue weighted by Crippen LogP contribution is 2.33. The fourth-order valence-electron chi connectivity index (χ4n) is 5.07. The summed E-state index contributed by atoms with van der Waals surface area (Å²) in [5.74, 6) is 1.10. The number of H-pyrrole nitrogens is 1. The van der Waals surface area contributed by atoms with E-state index in [1.54, 1.807) is 7.11 Å². The van der Waals surface area contributed by atoms with Crippen LogP contribution >= 0.6 is 0 Å². The molecule has 0 bridgehead atoms. The number of nitrogens with one attached hydrogen (secondary N) is 1. The van der Waals surface area contributed by atoms with Crippen molar-refractivity contribution >= 4 is 22.5 Å². The van der Waals surface area contributed by atoms with Crippen molar-refractivity contribution in [3.05, 3.63) is 83.4 Å². The van der Waals surface area contributed by atoms with Gasteiger partial charge in [-0.15, -0.1) is 0 Å². The van der Waals surface area contributed by atoms with E-state index in [0.717, 1.165) is 60.8 Å². The van der Waals surface area contributed by atoms with Crippen molar-refractivity contribution in [2.45, 2.75) is 26.7 Å². The molecule has 35 heavy (non-hydrogen) atoms. The number of amides is 1. The largest absolute Gasteiger partial charge is 0.495 e. The molecule has 1 saturated heterocycles. The molecule has 1 N–H and O–H groups in total. The monoisotopic (exact) mass is 467 g/mol. The van der Waals surface area contributed by atoms with Crippen LogP contribution in [-0.2, 0) is 11.2 Å². The van der Waals surface area contributed by atoms with Crippen molar-refractivity contribution in [1.82, 2.24) is 9.88 Å². The molecule has 1 aliphatic heterocycles. The van der Waals surface area contributed by atoms with E-state index < -0.39 is 0 Å². The molecule has 1 aromatic heterocycles. The van der Waals surface area contributed by atoms with Gasteiger partial charge in [0.1, 0.15) is 5.75 Å². The zero-order valence-corrected chi connectivity index (χ0v) is 20.8. The number of aromatic nitrogens is 1. The number of aryl methyl sites for hydroxylation is 3. The molecule has 5 rings (SSSR count).